The highest BCUT2D eigenvalue weighted by molar-refractivity contribution is 7.80. The van der Waals surface area contributed by atoms with E-state index in [0.717, 1.165) is 0 Å². The molecule has 0 aromatic rings. The van der Waals surface area contributed by atoms with E-state index < -0.39 is 0 Å². The standard InChI is InChI=1S/C10H20OS/c1-9(2,3)7-11-8(12)10(4,5)6/h7H2,1-6H3. The molecule has 0 aliphatic heterocycles. The average molecular weight is 188 g/mol. The van der Waals surface area contributed by atoms with Crippen LogP contribution in [0.5, 0.6) is 0 Å². The maximum Gasteiger partial charge on any atom is 0.165 e. The van der Waals surface area contributed by atoms with Crippen LogP contribution in [0.3, 0.4) is 0 Å². The Kier molecular flexibility index (Phi) is 3.70. The summed E-state index contributed by atoms with van der Waals surface area (Å²) in [7, 11) is 0. The van der Waals surface area contributed by atoms with Crippen molar-refractivity contribution in [3.63, 3.8) is 0 Å². The monoisotopic (exact) mass is 188 g/mol. The van der Waals surface area contributed by atoms with E-state index in [9.17, 15) is 0 Å². The highest BCUT2D eigenvalue weighted by Gasteiger charge is 2.20. The van der Waals surface area contributed by atoms with E-state index in [0.29, 0.717) is 11.7 Å². The van der Waals surface area contributed by atoms with Crippen molar-refractivity contribution >= 4 is 17.3 Å². The van der Waals surface area contributed by atoms with Crippen molar-refractivity contribution in [2.24, 2.45) is 10.8 Å². The highest BCUT2D eigenvalue weighted by Crippen LogP contribution is 2.20. The van der Waals surface area contributed by atoms with Crippen LogP contribution in [0.25, 0.3) is 0 Å². The van der Waals surface area contributed by atoms with Gasteiger partial charge in [0.15, 0.2) is 5.05 Å². The third kappa shape index (κ3) is 5.53. The summed E-state index contributed by atoms with van der Waals surface area (Å²) in [5.74, 6) is 0. The Morgan fingerprint density at radius 1 is 1.08 bits per heavy atom. The van der Waals surface area contributed by atoms with Crippen LogP contribution < -0.4 is 0 Å². The van der Waals surface area contributed by atoms with Gasteiger partial charge in [-0.3, -0.25) is 0 Å². The molecule has 0 saturated carbocycles. The molecule has 0 heterocycles. The molecule has 0 unspecified atom stereocenters. The molecule has 0 bridgehead atoms. The van der Waals surface area contributed by atoms with E-state index in [1.54, 1.807) is 0 Å². The Hall–Kier alpha value is -0.110. The smallest absolute Gasteiger partial charge is 0.165 e. The zero-order valence-corrected chi connectivity index (χ0v) is 9.84. The molecule has 0 radical (unpaired) electrons. The molecule has 72 valence electrons. The molecule has 0 rings (SSSR count). The minimum Gasteiger partial charge on any atom is -0.486 e. The molecular weight excluding hydrogens is 168 g/mol. The van der Waals surface area contributed by atoms with Gasteiger partial charge in [-0.05, 0) is 17.6 Å². The van der Waals surface area contributed by atoms with Crippen LogP contribution >= 0.6 is 12.2 Å². The minimum atomic E-state index is -0.0133. The van der Waals surface area contributed by atoms with Crippen molar-refractivity contribution in [2.75, 3.05) is 6.61 Å². The van der Waals surface area contributed by atoms with E-state index in [4.69, 9.17) is 17.0 Å². The Balaban J connectivity index is 3.90. The largest absolute Gasteiger partial charge is 0.486 e. The van der Waals surface area contributed by atoms with Crippen molar-refractivity contribution in [2.45, 2.75) is 41.5 Å². The first-order valence-corrected chi connectivity index (χ1v) is 4.71. The molecule has 0 N–H and O–H groups in total. The third-order valence-corrected chi connectivity index (χ3v) is 1.98. The van der Waals surface area contributed by atoms with E-state index in [-0.39, 0.29) is 10.8 Å². The van der Waals surface area contributed by atoms with Crippen LogP contribution in [0.4, 0.5) is 0 Å². The lowest BCUT2D eigenvalue weighted by molar-refractivity contribution is 0.174. The Labute approximate surface area is 81.5 Å². The van der Waals surface area contributed by atoms with Gasteiger partial charge in [0.2, 0.25) is 0 Å². The molecule has 0 fully saturated rings. The van der Waals surface area contributed by atoms with Crippen molar-refractivity contribution in [1.82, 2.24) is 0 Å². The maximum atomic E-state index is 5.50. The second-order valence-corrected chi connectivity index (χ2v) is 5.76. The van der Waals surface area contributed by atoms with Crippen LogP contribution in [0.15, 0.2) is 0 Å². The second kappa shape index (κ2) is 3.73. The quantitative estimate of drug-likeness (QED) is 0.583. The van der Waals surface area contributed by atoms with Crippen LogP contribution in [0.1, 0.15) is 41.5 Å². The van der Waals surface area contributed by atoms with Gasteiger partial charge >= 0.3 is 0 Å². The summed E-state index contributed by atoms with van der Waals surface area (Å²) >= 11 is 5.14. The normalized spacial score (nSPS) is 12.8. The van der Waals surface area contributed by atoms with Gasteiger partial charge in [-0.2, -0.15) is 0 Å². The summed E-state index contributed by atoms with van der Waals surface area (Å²) in [5, 5.41) is 0.706. The topological polar surface area (TPSA) is 9.23 Å². The summed E-state index contributed by atoms with van der Waals surface area (Å²) in [6, 6.07) is 0. The number of hydrogen-bond acceptors (Lipinski definition) is 2. The fourth-order valence-corrected chi connectivity index (χ4v) is 0.557. The molecule has 12 heavy (non-hydrogen) atoms. The number of thiocarbonyl (C=S) groups is 1. The molecule has 0 atom stereocenters. The van der Waals surface area contributed by atoms with E-state index in [2.05, 4.69) is 41.5 Å². The van der Waals surface area contributed by atoms with Crippen molar-refractivity contribution < 1.29 is 4.74 Å². The van der Waals surface area contributed by atoms with Gasteiger partial charge in [0.05, 0.1) is 6.61 Å². The van der Waals surface area contributed by atoms with E-state index >= 15 is 0 Å². The Bertz CT molecular complexity index is 160. The molecule has 1 nitrogen and oxygen atoms in total. The minimum absolute atomic E-state index is 0.0133. The number of rotatable bonds is 1. The molecule has 0 aromatic heterocycles. The predicted molar refractivity (Wildman–Crippen MR) is 57.5 cm³/mol. The molecule has 0 aliphatic carbocycles. The summed E-state index contributed by atoms with van der Waals surface area (Å²) in [6.45, 7) is 13.3. The summed E-state index contributed by atoms with van der Waals surface area (Å²) < 4.78 is 5.50. The van der Waals surface area contributed by atoms with Crippen LogP contribution in [-0.2, 0) is 4.74 Å². The first kappa shape index (κ1) is 11.9. The van der Waals surface area contributed by atoms with Crippen molar-refractivity contribution in [1.29, 1.82) is 0 Å². The molecular formula is C10H20OS. The molecule has 2 heteroatoms. The first-order chi connectivity index (χ1) is 5.13. The van der Waals surface area contributed by atoms with Gasteiger partial charge in [0, 0.05) is 5.41 Å². The van der Waals surface area contributed by atoms with Gasteiger partial charge in [-0.25, -0.2) is 0 Å². The zero-order chi connectivity index (χ0) is 9.99. The fourth-order valence-electron chi connectivity index (χ4n) is 0.499. The Morgan fingerprint density at radius 2 is 1.50 bits per heavy atom. The van der Waals surface area contributed by atoms with Crippen molar-refractivity contribution in [3.05, 3.63) is 0 Å². The molecule has 0 aromatic carbocycles. The predicted octanol–water partition coefficient (Wildman–Crippen LogP) is 3.42. The van der Waals surface area contributed by atoms with Gasteiger partial charge in [0.1, 0.15) is 0 Å². The van der Waals surface area contributed by atoms with E-state index in [1.807, 2.05) is 0 Å². The number of hydrogen-bond donors (Lipinski definition) is 0. The van der Waals surface area contributed by atoms with Crippen molar-refractivity contribution in [3.8, 4) is 0 Å². The lowest BCUT2D eigenvalue weighted by atomic mass is 9.96. The second-order valence-electron chi connectivity index (χ2n) is 5.39. The van der Waals surface area contributed by atoms with Crippen LogP contribution in [-0.4, -0.2) is 11.7 Å². The first-order valence-electron chi connectivity index (χ1n) is 4.30. The third-order valence-electron chi connectivity index (χ3n) is 1.25. The van der Waals surface area contributed by atoms with Gasteiger partial charge < -0.3 is 4.74 Å². The fraction of sp³-hybridized carbons (Fsp3) is 0.900. The van der Waals surface area contributed by atoms with Gasteiger partial charge in [-0.1, -0.05) is 41.5 Å². The maximum absolute atomic E-state index is 5.50. The molecule has 0 saturated heterocycles. The molecule has 0 spiro atoms. The van der Waals surface area contributed by atoms with Crippen LogP contribution in [0, 0.1) is 10.8 Å². The summed E-state index contributed by atoms with van der Waals surface area (Å²) in [6.07, 6.45) is 0. The SMILES string of the molecule is CC(C)(C)COC(=S)C(C)(C)C. The van der Waals surface area contributed by atoms with E-state index in [1.165, 1.54) is 0 Å². The van der Waals surface area contributed by atoms with Gasteiger partial charge in [-0.15, -0.1) is 0 Å². The highest BCUT2D eigenvalue weighted by atomic mass is 32.1. The average Bonchev–Trinajstić information content (AvgIpc) is 1.78. The zero-order valence-electron chi connectivity index (χ0n) is 9.02. The lowest BCUT2D eigenvalue weighted by Gasteiger charge is -2.24. The van der Waals surface area contributed by atoms with Crippen LogP contribution in [0.2, 0.25) is 0 Å². The number of ether oxygens (including phenoxy) is 1. The molecule has 0 amide bonds. The Morgan fingerprint density at radius 3 is 1.75 bits per heavy atom. The lowest BCUT2D eigenvalue weighted by Crippen LogP contribution is -2.25. The van der Waals surface area contributed by atoms with Gasteiger partial charge in [0.25, 0.3) is 0 Å². The summed E-state index contributed by atoms with van der Waals surface area (Å²) in [5.41, 5.74) is 0.176. The summed E-state index contributed by atoms with van der Waals surface area (Å²) in [4.78, 5) is 0. The molecule has 0 aliphatic rings.